The standard InChI is InChI=1S/C58H38N2S/c1-4-16-39(17-5-1)42-22-12-25-45(32-42)50-36-51(46-26-13-23-43(33-46)40-18-6-2-7-19-40)38-52(37-50)47-27-15-29-49(35-47)58-59-55(57-56(60-58)53-30-10-11-31-54(53)61-57)48-28-14-24-44(34-48)41-20-8-3-9-21-41/h1-38H. The first-order chi connectivity index (χ1) is 30.2. The van der Waals surface area contributed by atoms with Crippen LogP contribution >= 0.6 is 11.3 Å². The second-order valence-corrected chi connectivity index (χ2v) is 16.4. The van der Waals surface area contributed by atoms with E-state index in [4.69, 9.17) is 9.97 Å². The Morgan fingerprint density at radius 2 is 0.607 bits per heavy atom. The van der Waals surface area contributed by atoms with E-state index >= 15 is 0 Å². The first-order valence-corrected chi connectivity index (χ1v) is 21.4. The van der Waals surface area contributed by atoms with Crippen LogP contribution in [0.15, 0.2) is 231 Å². The molecule has 0 aliphatic carbocycles. The fourth-order valence-corrected chi connectivity index (χ4v) is 9.53. The van der Waals surface area contributed by atoms with Gasteiger partial charge in [0.25, 0.3) is 0 Å². The molecule has 0 aliphatic rings. The molecule has 0 saturated carbocycles. The number of thiophene rings is 1. The molecule has 0 fully saturated rings. The van der Waals surface area contributed by atoms with Crippen molar-refractivity contribution >= 4 is 31.6 Å². The van der Waals surface area contributed by atoms with Crippen molar-refractivity contribution in [2.45, 2.75) is 0 Å². The average molecular weight is 795 g/mol. The summed E-state index contributed by atoms with van der Waals surface area (Å²) in [5, 5.41) is 1.15. The van der Waals surface area contributed by atoms with Gasteiger partial charge in [-0.2, -0.15) is 0 Å². The number of nitrogens with zero attached hydrogens (tertiary/aromatic N) is 2. The van der Waals surface area contributed by atoms with Crippen LogP contribution in [0.4, 0.5) is 0 Å². The molecule has 0 unspecified atom stereocenters. The molecule has 2 aromatic heterocycles. The molecule has 3 heteroatoms. The normalized spacial score (nSPS) is 11.3. The average Bonchev–Trinajstić information content (AvgIpc) is 3.73. The zero-order valence-electron chi connectivity index (χ0n) is 33.2. The van der Waals surface area contributed by atoms with Gasteiger partial charge in [0.05, 0.1) is 15.9 Å². The van der Waals surface area contributed by atoms with Crippen molar-refractivity contribution in [3.8, 4) is 89.4 Å². The van der Waals surface area contributed by atoms with Gasteiger partial charge >= 0.3 is 0 Å². The van der Waals surface area contributed by atoms with Crippen LogP contribution in [0.2, 0.25) is 0 Å². The Hall–Kier alpha value is -7.72. The van der Waals surface area contributed by atoms with Crippen LogP contribution in [0.5, 0.6) is 0 Å². The van der Waals surface area contributed by atoms with Gasteiger partial charge in [0, 0.05) is 21.2 Å². The topological polar surface area (TPSA) is 25.8 Å². The van der Waals surface area contributed by atoms with E-state index in [0.717, 1.165) is 60.2 Å². The summed E-state index contributed by atoms with van der Waals surface area (Å²) in [5.74, 6) is 0.709. The second-order valence-electron chi connectivity index (χ2n) is 15.4. The second kappa shape index (κ2) is 15.8. The summed E-state index contributed by atoms with van der Waals surface area (Å²) in [6.45, 7) is 0. The highest BCUT2D eigenvalue weighted by Gasteiger charge is 2.18. The fourth-order valence-electron chi connectivity index (χ4n) is 8.38. The van der Waals surface area contributed by atoms with Crippen molar-refractivity contribution in [3.05, 3.63) is 231 Å². The molecule has 0 N–H and O–H groups in total. The Balaban J connectivity index is 1.07. The van der Waals surface area contributed by atoms with Crippen LogP contribution in [-0.4, -0.2) is 9.97 Å². The summed E-state index contributed by atoms with van der Waals surface area (Å²) in [6.07, 6.45) is 0. The third kappa shape index (κ3) is 7.22. The first kappa shape index (κ1) is 36.4. The number of rotatable bonds is 8. The van der Waals surface area contributed by atoms with Crippen molar-refractivity contribution in [2.24, 2.45) is 0 Å². The molecule has 0 amide bonds. The van der Waals surface area contributed by atoms with E-state index in [1.54, 1.807) is 11.3 Å². The summed E-state index contributed by atoms with van der Waals surface area (Å²) < 4.78 is 2.30. The molecule has 0 atom stereocenters. The van der Waals surface area contributed by atoms with E-state index in [-0.39, 0.29) is 0 Å². The zero-order chi connectivity index (χ0) is 40.5. The van der Waals surface area contributed by atoms with Crippen LogP contribution in [0, 0.1) is 0 Å². The molecule has 2 heterocycles. The van der Waals surface area contributed by atoms with Gasteiger partial charge in [0.2, 0.25) is 0 Å². The first-order valence-electron chi connectivity index (χ1n) is 20.6. The molecular formula is C58H38N2S. The van der Waals surface area contributed by atoms with Crippen molar-refractivity contribution in [1.82, 2.24) is 9.97 Å². The summed E-state index contributed by atoms with van der Waals surface area (Å²) in [5.41, 5.74) is 18.0. The maximum absolute atomic E-state index is 5.41. The molecule has 2 nitrogen and oxygen atoms in total. The van der Waals surface area contributed by atoms with Gasteiger partial charge in [-0.1, -0.05) is 182 Å². The van der Waals surface area contributed by atoms with Gasteiger partial charge < -0.3 is 0 Å². The largest absolute Gasteiger partial charge is 0.226 e. The molecule has 286 valence electrons. The van der Waals surface area contributed by atoms with Crippen molar-refractivity contribution < 1.29 is 0 Å². The highest BCUT2D eigenvalue weighted by Crippen LogP contribution is 2.41. The van der Waals surface area contributed by atoms with Crippen LogP contribution < -0.4 is 0 Å². The highest BCUT2D eigenvalue weighted by atomic mass is 32.1. The minimum Gasteiger partial charge on any atom is -0.226 e. The van der Waals surface area contributed by atoms with Gasteiger partial charge in [-0.15, -0.1) is 11.3 Å². The van der Waals surface area contributed by atoms with Crippen molar-refractivity contribution in [2.75, 3.05) is 0 Å². The molecule has 0 bridgehead atoms. The minimum atomic E-state index is 0.709. The van der Waals surface area contributed by atoms with Crippen LogP contribution in [0.25, 0.3) is 110 Å². The highest BCUT2D eigenvalue weighted by molar-refractivity contribution is 7.26. The lowest BCUT2D eigenvalue weighted by Crippen LogP contribution is -1.94. The molecule has 61 heavy (non-hydrogen) atoms. The Morgan fingerprint density at radius 1 is 0.262 bits per heavy atom. The summed E-state index contributed by atoms with van der Waals surface area (Å²) in [7, 11) is 0. The lowest BCUT2D eigenvalue weighted by atomic mass is 9.91. The SMILES string of the molecule is c1ccc(-c2cccc(-c3cc(-c4cccc(-c5ccccc5)c4)cc(-c4cccc(-c5nc(-c6cccc(-c7ccccc7)c6)c6sc7ccccc7c6n5)c4)c3)c2)cc1. The quantitative estimate of drug-likeness (QED) is 0.153. The smallest absolute Gasteiger partial charge is 0.160 e. The number of aromatic nitrogens is 2. The van der Waals surface area contributed by atoms with E-state index in [1.165, 1.54) is 43.6 Å². The van der Waals surface area contributed by atoms with Gasteiger partial charge in [0.1, 0.15) is 0 Å². The van der Waals surface area contributed by atoms with Crippen LogP contribution in [0.1, 0.15) is 0 Å². The predicted octanol–water partition coefficient (Wildman–Crippen LogP) is 16.2. The molecule has 9 aromatic carbocycles. The maximum Gasteiger partial charge on any atom is 0.160 e. The maximum atomic E-state index is 5.41. The van der Waals surface area contributed by atoms with Gasteiger partial charge in [0.15, 0.2) is 5.82 Å². The van der Waals surface area contributed by atoms with E-state index in [9.17, 15) is 0 Å². The van der Waals surface area contributed by atoms with Crippen LogP contribution in [0.3, 0.4) is 0 Å². The fraction of sp³-hybridized carbons (Fsp3) is 0. The molecular weight excluding hydrogens is 757 g/mol. The van der Waals surface area contributed by atoms with E-state index in [1.807, 2.05) is 0 Å². The third-order valence-corrected chi connectivity index (χ3v) is 12.6. The number of benzene rings is 9. The third-order valence-electron chi connectivity index (χ3n) is 11.5. The monoisotopic (exact) mass is 794 g/mol. The Bertz CT molecular complexity index is 3250. The van der Waals surface area contributed by atoms with E-state index in [0.29, 0.717) is 5.82 Å². The van der Waals surface area contributed by atoms with Gasteiger partial charge in [-0.05, 0) is 115 Å². The Labute approximate surface area is 359 Å². The molecule has 0 saturated heterocycles. The summed E-state index contributed by atoms with van der Waals surface area (Å²) in [6, 6.07) is 82.5. The summed E-state index contributed by atoms with van der Waals surface area (Å²) >= 11 is 1.76. The van der Waals surface area contributed by atoms with E-state index in [2.05, 4.69) is 231 Å². The predicted molar refractivity (Wildman–Crippen MR) is 258 cm³/mol. The van der Waals surface area contributed by atoms with Gasteiger partial charge in [-0.25, -0.2) is 9.97 Å². The number of hydrogen-bond donors (Lipinski definition) is 0. The molecule has 0 spiro atoms. The zero-order valence-corrected chi connectivity index (χ0v) is 34.1. The van der Waals surface area contributed by atoms with E-state index < -0.39 is 0 Å². The summed E-state index contributed by atoms with van der Waals surface area (Å²) in [4.78, 5) is 10.8. The Kier molecular flexibility index (Phi) is 9.42. The minimum absolute atomic E-state index is 0.709. The number of hydrogen-bond acceptors (Lipinski definition) is 3. The Morgan fingerprint density at radius 3 is 1.10 bits per heavy atom. The van der Waals surface area contributed by atoms with Crippen LogP contribution in [-0.2, 0) is 0 Å². The lowest BCUT2D eigenvalue weighted by Gasteiger charge is -2.14. The molecule has 0 aliphatic heterocycles. The molecule has 11 rings (SSSR count). The molecule has 11 aromatic rings. The lowest BCUT2D eigenvalue weighted by molar-refractivity contribution is 1.24. The van der Waals surface area contributed by atoms with Gasteiger partial charge in [-0.3, -0.25) is 0 Å². The molecule has 0 radical (unpaired) electrons. The van der Waals surface area contributed by atoms with Crippen molar-refractivity contribution in [1.29, 1.82) is 0 Å². The van der Waals surface area contributed by atoms with Crippen molar-refractivity contribution in [3.63, 3.8) is 0 Å². The number of fused-ring (bicyclic) bond motifs is 3.